The Labute approximate surface area is 188 Å². The van der Waals surface area contributed by atoms with Crippen LogP contribution in [0.5, 0.6) is 0 Å². The lowest BCUT2D eigenvalue weighted by Crippen LogP contribution is -2.44. The molecule has 164 valence electrons. The lowest BCUT2D eigenvalue weighted by Gasteiger charge is -2.34. The third-order valence-corrected chi connectivity index (χ3v) is 13.8. The van der Waals surface area contributed by atoms with Crippen LogP contribution in [-0.4, -0.2) is 25.8 Å². The van der Waals surface area contributed by atoms with Crippen LogP contribution in [0.2, 0.25) is 38.3 Å². The molecule has 4 rings (SSSR count). The minimum Gasteiger partial charge on any atom is -0.455 e. The minimum absolute atomic E-state index is 1.08. The molecule has 3 nitrogen and oxygen atoms in total. The summed E-state index contributed by atoms with van der Waals surface area (Å²) in [7, 11) is -3.32. The third kappa shape index (κ3) is 5.59. The van der Waals surface area contributed by atoms with Crippen LogP contribution in [-0.2, 0) is 17.2 Å². The predicted octanol–water partition coefficient (Wildman–Crippen LogP) is 7.50. The van der Waals surface area contributed by atoms with Crippen LogP contribution in [0.1, 0.15) is 12.8 Å². The van der Waals surface area contributed by atoms with Crippen molar-refractivity contribution in [2.24, 2.45) is 0 Å². The Kier molecular flexibility index (Phi) is 6.56. The highest BCUT2D eigenvalue weighted by atomic mass is 28.4. The molecule has 0 saturated heterocycles. The Bertz CT molecular complexity index is 1050. The van der Waals surface area contributed by atoms with Crippen molar-refractivity contribution in [3.05, 3.63) is 73.1 Å². The quantitative estimate of drug-likeness (QED) is 0.230. The second-order valence-electron chi connectivity index (χ2n) is 9.96. The number of aryl methyl sites for hydroxylation is 2. The van der Waals surface area contributed by atoms with Crippen molar-refractivity contribution in [3.63, 3.8) is 0 Å². The molecule has 0 aliphatic rings. The normalized spacial score (nSPS) is 12.8. The summed E-state index contributed by atoms with van der Waals surface area (Å²) in [6.45, 7) is 11.8. The molecule has 0 aliphatic heterocycles. The maximum absolute atomic E-state index is 6.90. The first-order chi connectivity index (χ1) is 14.8. The van der Waals surface area contributed by atoms with Crippen LogP contribution in [0.15, 0.2) is 73.1 Å². The molecule has 4 aromatic rings. The fraction of sp³-hybridized carbons (Fsp3) is 0.385. The standard InChI is InChI=1S/C26H36N2OSi2/c1-30(2,21-9-17-27-19-15-23-11-5-7-13-25(23)27)29-31(3,4)22-10-18-28-20-16-24-12-6-8-14-26(24)28/h5-8,11-16,19-20H,9-10,17-18,21-22H2,1-4H3. The van der Waals surface area contributed by atoms with Crippen molar-refractivity contribution in [1.29, 1.82) is 0 Å². The molecule has 31 heavy (non-hydrogen) atoms. The van der Waals surface area contributed by atoms with E-state index in [0.29, 0.717) is 0 Å². The zero-order valence-electron chi connectivity index (χ0n) is 19.5. The van der Waals surface area contributed by atoms with Gasteiger partial charge in [-0.15, -0.1) is 0 Å². The van der Waals surface area contributed by atoms with Crippen molar-refractivity contribution in [2.45, 2.75) is 64.2 Å². The summed E-state index contributed by atoms with van der Waals surface area (Å²) in [5.74, 6) is 0. The topological polar surface area (TPSA) is 19.1 Å². The molecule has 2 aromatic heterocycles. The average Bonchev–Trinajstić information content (AvgIpc) is 3.32. The fourth-order valence-electron chi connectivity index (χ4n) is 4.87. The number of hydrogen-bond acceptors (Lipinski definition) is 1. The SMILES string of the molecule is C[Si](C)(CCCn1ccc2ccccc21)O[Si](C)(C)CCCn1ccc2ccccc21. The Balaban J connectivity index is 1.26. The average molecular weight is 449 g/mol. The van der Waals surface area contributed by atoms with E-state index in [1.807, 2.05) is 0 Å². The van der Waals surface area contributed by atoms with E-state index in [2.05, 4.69) is 108 Å². The van der Waals surface area contributed by atoms with Gasteiger partial charge in [-0.05, 0) is 86.2 Å². The highest BCUT2D eigenvalue weighted by molar-refractivity contribution is 6.84. The number of benzene rings is 2. The Morgan fingerprint density at radius 3 is 1.48 bits per heavy atom. The monoisotopic (exact) mass is 448 g/mol. The summed E-state index contributed by atoms with van der Waals surface area (Å²) >= 11 is 0. The Morgan fingerprint density at radius 1 is 0.613 bits per heavy atom. The molecule has 0 fully saturated rings. The first-order valence-electron chi connectivity index (χ1n) is 11.6. The van der Waals surface area contributed by atoms with Gasteiger partial charge in [-0.2, -0.15) is 0 Å². The number of rotatable bonds is 10. The molecular weight excluding hydrogens is 412 g/mol. The molecule has 0 spiro atoms. The number of aromatic nitrogens is 2. The van der Waals surface area contributed by atoms with Crippen molar-refractivity contribution in [1.82, 2.24) is 9.13 Å². The molecule has 0 aliphatic carbocycles. The first kappa shape index (κ1) is 22.1. The number of fused-ring (bicyclic) bond motifs is 2. The van der Waals surface area contributed by atoms with Gasteiger partial charge in [0, 0.05) is 36.5 Å². The van der Waals surface area contributed by atoms with Crippen LogP contribution >= 0.6 is 0 Å². The van der Waals surface area contributed by atoms with E-state index in [9.17, 15) is 0 Å². The van der Waals surface area contributed by atoms with Gasteiger partial charge in [0.05, 0.1) is 0 Å². The van der Waals surface area contributed by atoms with Crippen molar-refractivity contribution in [2.75, 3.05) is 0 Å². The van der Waals surface area contributed by atoms with Gasteiger partial charge in [0.25, 0.3) is 0 Å². The van der Waals surface area contributed by atoms with E-state index in [4.69, 9.17) is 4.12 Å². The highest BCUT2D eigenvalue weighted by Gasteiger charge is 2.32. The van der Waals surface area contributed by atoms with Crippen LogP contribution in [0.4, 0.5) is 0 Å². The van der Waals surface area contributed by atoms with Gasteiger partial charge in [-0.1, -0.05) is 36.4 Å². The predicted molar refractivity (Wildman–Crippen MR) is 139 cm³/mol. The lowest BCUT2D eigenvalue weighted by molar-refractivity contribution is 0.520. The summed E-state index contributed by atoms with van der Waals surface area (Å²) in [5, 5.41) is 2.67. The third-order valence-electron chi connectivity index (χ3n) is 6.27. The number of para-hydroxylation sites is 2. The summed E-state index contributed by atoms with van der Waals surface area (Å²) < 4.78 is 11.7. The minimum atomic E-state index is -1.66. The zero-order valence-corrected chi connectivity index (χ0v) is 21.5. The van der Waals surface area contributed by atoms with E-state index in [1.165, 1.54) is 46.7 Å². The first-order valence-corrected chi connectivity index (χ1v) is 17.8. The molecule has 0 saturated carbocycles. The van der Waals surface area contributed by atoms with Crippen LogP contribution in [0.3, 0.4) is 0 Å². The van der Waals surface area contributed by atoms with E-state index < -0.39 is 16.6 Å². The maximum Gasteiger partial charge on any atom is 0.173 e. The van der Waals surface area contributed by atoms with Gasteiger partial charge in [0.1, 0.15) is 0 Å². The molecule has 0 radical (unpaired) electrons. The van der Waals surface area contributed by atoms with Crippen LogP contribution in [0, 0.1) is 0 Å². The summed E-state index contributed by atoms with van der Waals surface area (Å²) in [6.07, 6.45) is 6.84. The second-order valence-corrected chi connectivity index (χ2v) is 18.8. The van der Waals surface area contributed by atoms with E-state index in [0.717, 1.165) is 13.1 Å². The second kappa shape index (κ2) is 9.19. The van der Waals surface area contributed by atoms with E-state index in [-0.39, 0.29) is 0 Å². The largest absolute Gasteiger partial charge is 0.455 e. The van der Waals surface area contributed by atoms with Gasteiger partial charge in [-0.25, -0.2) is 0 Å². The number of nitrogens with zero attached hydrogens (tertiary/aromatic N) is 2. The van der Waals surface area contributed by atoms with Crippen molar-refractivity contribution >= 4 is 38.4 Å². The Hall–Kier alpha value is -2.09. The molecule has 0 N–H and O–H groups in total. The number of hydrogen-bond donors (Lipinski definition) is 0. The lowest BCUT2D eigenvalue weighted by atomic mass is 10.2. The summed E-state index contributed by atoms with van der Waals surface area (Å²) in [6, 6.07) is 24.2. The molecule has 0 bridgehead atoms. The van der Waals surface area contributed by atoms with E-state index in [1.54, 1.807) is 0 Å². The van der Waals surface area contributed by atoms with Crippen LogP contribution in [0.25, 0.3) is 21.8 Å². The zero-order chi connectivity index (χ0) is 21.9. The fourth-order valence-corrected chi connectivity index (χ4v) is 13.7. The van der Waals surface area contributed by atoms with Gasteiger partial charge in [-0.3, -0.25) is 0 Å². The summed E-state index contributed by atoms with van der Waals surface area (Å²) in [4.78, 5) is 0. The molecular formula is C26H36N2OSi2. The molecule has 0 unspecified atom stereocenters. The molecule has 0 amide bonds. The van der Waals surface area contributed by atoms with Gasteiger partial charge in [0.15, 0.2) is 16.6 Å². The highest BCUT2D eigenvalue weighted by Crippen LogP contribution is 2.25. The summed E-state index contributed by atoms with van der Waals surface area (Å²) in [5.41, 5.74) is 2.69. The molecule has 5 heteroatoms. The molecule has 0 atom stereocenters. The van der Waals surface area contributed by atoms with Gasteiger partial charge in [0.2, 0.25) is 0 Å². The van der Waals surface area contributed by atoms with Crippen molar-refractivity contribution in [3.8, 4) is 0 Å². The Morgan fingerprint density at radius 2 is 1.03 bits per heavy atom. The van der Waals surface area contributed by atoms with Gasteiger partial charge < -0.3 is 13.2 Å². The van der Waals surface area contributed by atoms with Crippen molar-refractivity contribution < 1.29 is 4.12 Å². The van der Waals surface area contributed by atoms with E-state index >= 15 is 0 Å². The molecule has 2 aromatic carbocycles. The smallest absolute Gasteiger partial charge is 0.173 e. The van der Waals surface area contributed by atoms with Gasteiger partial charge >= 0.3 is 0 Å². The maximum atomic E-state index is 6.90. The van der Waals surface area contributed by atoms with Crippen LogP contribution < -0.4 is 0 Å². The molecule has 2 heterocycles.